The highest BCUT2D eigenvalue weighted by Crippen LogP contribution is 2.26. The monoisotopic (exact) mass is 1110 g/mol. The Morgan fingerprint density at radius 2 is 0.911 bits per heavy atom. The smallest absolute Gasteiger partial charge is 0.306 e. The zero-order valence-corrected chi connectivity index (χ0v) is 50.5. The number of unbranched alkanes of at least 4 members (excludes halogenated alkanes) is 28. The molecule has 456 valence electrons. The molecule has 1 heterocycles. The summed E-state index contributed by atoms with van der Waals surface area (Å²) in [6.07, 6.45) is 61.8. The van der Waals surface area contributed by atoms with Crippen molar-refractivity contribution in [3.05, 3.63) is 85.1 Å². The molecule has 79 heavy (non-hydrogen) atoms. The summed E-state index contributed by atoms with van der Waals surface area (Å²) in [6.45, 7) is 5.67. The molecule has 0 aliphatic carbocycles. The molecule has 1 aliphatic rings. The minimum Gasteiger partial charge on any atom is -0.454 e. The van der Waals surface area contributed by atoms with E-state index in [0.29, 0.717) is 12.8 Å². The van der Waals surface area contributed by atoms with E-state index in [1.807, 2.05) is 6.08 Å². The third-order valence-corrected chi connectivity index (χ3v) is 14.8. The molecule has 0 aromatic rings. The summed E-state index contributed by atoms with van der Waals surface area (Å²) in [4.78, 5) is 26.6. The molecule has 11 nitrogen and oxygen atoms in total. The first kappa shape index (κ1) is 73.9. The topological polar surface area (TPSA) is 175 Å². The number of amides is 1. The molecule has 1 rings (SSSR count). The third-order valence-electron chi connectivity index (χ3n) is 14.8. The van der Waals surface area contributed by atoms with Crippen LogP contribution in [0.4, 0.5) is 0 Å². The van der Waals surface area contributed by atoms with Gasteiger partial charge in [-0.25, -0.2) is 0 Å². The SMILES string of the molecule is CC/C=C\C/C=C\C/C=C\C/C=C\C/C=C\C/C=C\CCCCCC(O)C(=O)NC(COC1OC(CO)C(O)C(O)C1OC(=O)CCCCCCCCCCCCCCCCC)C(O)/C=C/CCCCCCCCCCCCC. The quantitative estimate of drug-likeness (QED) is 0.0195. The summed E-state index contributed by atoms with van der Waals surface area (Å²) in [5.41, 5.74) is 0. The maximum Gasteiger partial charge on any atom is 0.306 e. The maximum atomic E-state index is 13.4. The van der Waals surface area contributed by atoms with Gasteiger partial charge in [-0.15, -0.1) is 0 Å². The number of rotatable bonds is 54. The lowest BCUT2D eigenvalue weighted by atomic mass is 9.99. The van der Waals surface area contributed by atoms with Crippen LogP contribution in [-0.2, 0) is 23.8 Å². The van der Waals surface area contributed by atoms with Crippen LogP contribution in [0.15, 0.2) is 85.1 Å². The number of allylic oxidation sites excluding steroid dienone is 13. The van der Waals surface area contributed by atoms with Gasteiger partial charge in [-0.1, -0.05) is 273 Å². The highest BCUT2D eigenvalue weighted by Gasteiger charge is 2.47. The lowest BCUT2D eigenvalue weighted by molar-refractivity contribution is -0.305. The summed E-state index contributed by atoms with van der Waals surface area (Å²) >= 11 is 0. The number of hydrogen-bond donors (Lipinski definition) is 6. The Hall–Kier alpha value is -3.16. The number of ether oxygens (including phenoxy) is 3. The second-order valence-electron chi connectivity index (χ2n) is 22.1. The van der Waals surface area contributed by atoms with Gasteiger partial charge in [0, 0.05) is 6.42 Å². The molecule has 0 aromatic carbocycles. The predicted molar refractivity (Wildman–Crippen MR) is 329 cm³/mol. The summed E-state index contributed by atoms with van der Waals surface area (Å²) in [5, 5.41) is 57.0. The largest absolute Gasteiger partial charge is 0.454 e. The van der Waals surface area contributed by atoms with E-state index in [4.69, 9.17) is 14.2 Å². The molecule has 1 fully saturated rings. The molecule has 0 aromatic heterocycles. The van der Waals surface area contributed by atoms with Crippen molar-refractivity contribution < 1.29 is 49.3 Å². The summed E-state index contributed by atoms with van der Waals surface area (Å²) in [7, 11) is 0. The molecule has 6 N–H and O–H groups in total. The summed E-state index contributed by atoms with van der Waals surface area (Å²) in [5.74, 6) is -1.22. The minimum atomic E-state index is -1.62. The highest BCUT2D eigenvalue weighted by atomic mass is 16.7. The first-order valence-electron chi connectivity index (χ1n) is 32.4. The van der Waals surface area contributed by atoms with E-state index in [2.05, 4.69) is 99.0 Å². The van der Waals surface area contributed by atoms with Crippen LogP contribution in [0.25, 0.3) is 0 Å². The van der Waals surface area contributed by atoms with E-state index in [9.17, 15) is 35.1 Å². The molecule has 1 amide bonds. The van der Waals surface area contributed by atoms with Crippen molar-refractivity contribution in [2.45, 2.75) is 320 Å². The third kappa shape index (κ3) is 43.2. The standard InChI is InChI=1S/C68H119NO10/c1-4-7-10-13-16-19-22-25-27-28-29-30-31-32-33-35-37-40-43-46-49-52-55-61(72)67(76)69-59(60(71)54-51-48-45-42-39-36-24-21-18-15-12-9-6-3)58-77-68-66(65(75)64(74)62(57-70)78-68)79-63(73)56-53-50-47-44-41-38-34-26-23-20-17-14-11-8-5-2/h7,10,16,19,25,27,29-30,32-33,37,40,51,54,59-62,64-66,68,70-72,74-75H,4-6,8-9,11-15,17-18,20-24,26,28,31,34-36,38-39,41-50,52-53,55-58H2,1-3H3,(H,69,76)/b10-7-,19-16-,27-25-,30-29-,33-32-,40-37-,54-51+. The molecule has 1 saturated heterocycles. The van der Waals surface area contributed by atoms with Crippen LogP contribution in [0, 0.1) is 0 Å². The van der Waals surface area contributed by atoms with Crippen molar-refractivity contribution in [1.29, 1.82) is 0 Å². The average molecular weight is 1110 g/mol. The van der Waals surface area contributed by atoms with Gasteiger partial charge in [0.05, 0.1) is 25.4 Å². The fourth-order valence-electron chi connectivity index (χ4n) is 9.71. The Kier molecular flexibility index (Phi) is 51.8. The van der Waals surface area contributed by atoms with Gasteiger partial charge < -0.3 is 45.1 Å². The van der Waals surface area contributed by atoms with Gasteiger partial charge in [0.15, 0.2) is 12.4 Å². The highest BCUT2D eigenvalue weighted by molar-refractivity contribution is 5.80. The average Bonchev–Trinajstić information content (AvgIpc) is 3.49. The zero-order valence-electron chi connectivity index (χ0n) is 50.5. The molecule has 0 spiro atoms. The number of aliphatic hydroxyl groups is 5. The first-order chi connectivity index (χ1) is 38.7. The Balaban J connectivity index is 2.69. The second kappa shape index (κ2) is 55.4. The van der Waals surface area contributed by atoms with Gasteiger partial charge in [0.2, 0.25) is 5.91 Å². The van der Waals surface area contributed by atoms with Crippen molar-refractivity contribution in [3.8, 4) is 0 Å². The Morgan fingerprint density at radius 3 is 1.37 bits per heavy atom. The van der Waals surface area contributed by atoms with Gasteiger partial charge >= 0.3 is 5.97 Å². The first-order valence-corrected chi connectivity index (χ1v) is 32.4. The predicted octanol–water partition coefficient (Wildman–Crippen LogP) is 15.7. The van der Waals surface area contributed by atoms with Crippen LogP contribution in [0.1, 0.15) is 271 Å². The van der Waals surface area contributed by atoms with Gasteiger partial charge in [-0.05, 0) is 77.0 Å². The van der Waals surface area contributed by atoms with Gasteiger partial charge in [-0.2, -0.15) is 0 Å². The lowest BCUT2D eigenvalue weighted by Gasteiger charge is -2.41. The van der Waals surface area contributed by atoms with E-state index in [1.54, 1.807) is 6.08 Å². The number of aliphatic hydroxyl groups excluding tert-OH is 5. The van der Waals surface area contributed by atoms with E-state index in [0.717, 1.165) is 96.3 Å². The van der Waals surface area contributed by atoms with E-state index >= 15 is 0 Å². The number of nitrogens with one attached hydrogen (secondary N) is 1. The van der Waals surface area contributed by atoms with Crippen LogP contribution >= 0.6 is 0 Å². The Labute approximate surface area is 483 Å². The van der Waals surface area contributed by atoms with Crippen molar-refractivity contribution >= 4 is 11.9 Å². The lowest BCUT2D eigenvalue weighted by Crippen LogP contribution is -2.61. The molecular weight excluding hydrogens is 991 g/mol. The normalized spacial score (nSPS) is 19.4. The van der Waals surface area contributed by atoms with Crippen LogP contribution in [0.5, 0.6) is 0 Å². The Bertz CT molecular complexity index is 1610. The van der Waals surface area contributed by atoms with Crippen LogP contribution in [0.3, 0.4) is 0 Å². The number of carbonyl (C=O) groups excluding carboxylic acids is 2. The molecule has 0 saturated carbocycles. The maximum absolute atomic E-state index is 13.4. The molecule has 11 heteroatoms. The van der Waals surface area contributed by atoms with Crippen molar-refractivity contribution in [2.75, 3.05) is 13.2 Å². The molecule has 0 radical (unpaired) electrons. The van der Waals surface area contributed by atoms with E-state index < -0.39 is 67.4 Å². The summed E-state index contributed by atoms with van der Waals surface area (Å²) < 4.78 is 17.6. The molecular formula is C68H119NO10. The zero-order chi connectivity index (χ0) is 57.5. The van der Waals surface area contributed by atoms with Gasteiger partial charge in [0.25, 0.3) is 0 Å². The Morgan fingerprint density at radius 1 is 0.506 bits per heavy atom. The van der Waals surface area contributed by atoms with E-state index in [1.165, 1.54) is 128 Å². The summed E-state index contributed by atoms with van der Waals surface area (Å²) in [6, 6.07) is -1.04. The second-order valence-corrected chi connectivity index (χ2v) is 22.1. The van der Waals surface area contributed by atoms with Crippen molar-refractivity contribution in [2.24, 2.45) is 0 Å². The minimum absolute atomic E-state index is 0.120. The number of esters is 1. The van der Waals surface area contributed by atoms with Crippen LogP contribution in [0.2, 0.25) is 0 Å². The fourth-order valence-corrected chi connectivity index (χ4v) is 9.71. The molecule has 1 aliphatic heterocycles. The van der Waals surface area contributed by atoms with Crippen molar-refractivity contribution in [1.82, 2.24) is 5.32 Å². The van der Waals surface area contributed by atoms with Crippen molar-refractivity contribution in [3.63, 3.8) is 0 Å². The van der Waals surface area contributed by atoms with Crippen LogP contribution in [-0.4, -0.2) is 99.6 Å². The van der Waals surface area contributed by atoms with Gasteiger partial charge in [-0.3, -0.25) is 9.59 Å². The fraction of sp³-hybridized carbons (Fsp3) is 0.765. The van der Waals surface area contributed by atoms with E-state index in [-0.39, 0.29) is 19.4 Å². The molecule has 0 bridgehead atoms. The molecule has 8 unspecified atom stereocenters. The number of hydrogen-bond acceptors (Lipinski definition) is 10. The van der Waals surface area contributed by atoms with Crippen LogP contribution < -0.4 is 5.32 Å². The number of carbonyl (C=O) groups is 2. The molecule has 8 atom stereocenters. The van der Waals surface area contributed by atoms with Gasteiger partial charge in [0.1, 0.15) is 24.4 Å².